The van der Waals surface area contributed by atoms with E-state index in [1.165, 1.54) is 0 Å². The van der Waals surface area contributed by atoms with Crippen LogP contribution in [0, 0.1) is 25.2 Å². The average Bonchev–Trinajstić information content (AvgIpc) is 3.09. The van der Waals surface area contributed by atoms with Gasteiger partial charge in [-0.25, -0.2) is 4.98 Å². The summed E-state index contributed by atoms with van der Waals surface area (Å²) in [4.78, 5) is 4.42. The van der Waals surface area contributed by atoms with E-state index in [0.29, 0.717) is 16.8 Å². The molecule has 0 amide bonds. The van der Waals surface area contributed by atoms with Crippen molar-refractivity contribution < 1.29 is 4.42 Å². The summed E-state index contributed by atoms with van der Waals surface area (Å²) in [7, 11) is 0. The topological polar surface area (TPSA) is 106 Å². The summed E-state index contributed by atoms with van der Waals surface area (Å²) in [6.07, 6.45) is 1.02. The second-order valence-electron chi connectivity index (χ2n) is 6.53. The zero-order valence-corrected chi connectivity index (χ0v) is 14.8. The van der Waals surface area contributed by atoms with E-state index < -0.39 is 0 Å². The van der Waals surface area contributed by atoms with E-state index in [1.54, 1.807) is 0 Å². The number of fused-ring (bicyclic) bond motifs is 1. The fraction of sp³-hybridized carbons (Fsp3) is 0.316. The van der Waals surface area contributed by atoms with E-state index in [9.17, 15) is 5.26 Å². The van der Waals surface area contributed by atoms with Gasteiger partial charge in [0.25, 0.3) is 0 Å². The van der Waals surface area contributed by atoms with Crippen LogP contribution in [0.5, 0.6) is 0 Å². The number of hydrogen-bond acceptors (Lipinski definition) is 6. The van der Waals surface area contributed by atoms with Crippen molar-refractivity contribution in [2.75, 3.05) is 12.3 Å². The third-order valence-corrected chi connectivity index (χ3v) is 4.65. The zero-order valence-electron chi connectivity index (χ0n) is 14.8. The third kappa shape index (κ3) is 2.74. The smallest absolute Gasteiger partial charge is 0.142 e. The number of nitrogens with two attached hydrogens (primary N) is 1. The van der Waals surface area contributed by atoms with Crippen LogP contribution in [0.25, 0.3) is 22.5 Å². The minimum atomic E-state index is 0.208. The molecular weight excluding hydrogens is 328 g/mol. The lowest BCUT2D eigenvalue weighted by atomic mass is 10.0. The van der Waals surface area contributed by atoms with E-state index in [0.717, 1.165) is 54.5 Å². The maximum Gasteiger partial charge on any atom is 0.142 e. The molecule has 7 nitrogen and oxygen atoms in total. The molecule has 3 N–H and O–H groups in total. The van der Waals surface area contributed by atoms with Gasteiger partial charge in [0.15, 0.2) is 0 Å². The number of pyridine rings is 1. The van der Waals surface area contributed by atoms with Gasteiger partial charge in [-0.1, -0.05) is 0 Å². The molecule has 1 aliphatic heterocycles. The van der Waals surface area contributed by atoms with Crippen molar-refractivity contribution in [2.24, 2.45) is 0 Å². The first-order valence-electron chi connectivity index (χ1n) is 8.62. The van der Waals surface area contributed by atoms with Crippen LogP contribution in [0.2, 0.25) is 0 Å². The molecule has 0 spiro atoms. The van der Waals surface area contributed by atoms with Crippen LogP contribution in [-0.2, 0) is 13.1 Å². The first kappa shape index (κ1) is 16.4. The monoisotopic (exact) mass is 348 g/mol. The van der Waals surface area contributed by atoms with Gasteiger partial charge < -0.3 is 15.5 Å². The van der Waals surface area contributed by atoms with Gasteiger partial charge in [-0.05, 0) is 45.0 Å². The highest BCUT2D eigenvalue weighted by Gasteiger charge is 2.19. The summed E-state index contributed by atoms with van der Waals surface area (Å²) in [6, 6.07) is 8.00. The number of nitriles is 1. The Bertz CT molecular complexity index is 1000. The van der Waals surface area contributed by atoms with Gasteiger partial charge in [-0.3, -0.25) is 4.68 Å². The molecule has 3 aromatic heterocycles. The SMILES string of the molecule is Cc1cc(-c2cc(-c3cc4n(n3)CCCNC4)c(C#N)c(N)n2)c(C)o1. The van der Waals surface area contributed by atoms with Crippen molar-refractivity contribution in [3.05, 3.63) is 41.0 Å². The summed E-state index contributed by atoms with van der Waals surface area (Å²) in [5, 5.41) is 17.7. The lowest BCUT2D eigenvalue weighted by Crippen LogP contribution is -2.11. The van der Waals surface area contributed by atoms with Crippen LogP contribution in [-0.4, -0.2) is 21.3 Å². The molecule has 0 aromatic carbocycles. The van der Waals surface area contributed by atoms with Crippen molar-refractivity contribution in [3.63, 3.8) is 0 Å². The number of nitrogens with one attached hydrogen (secondary N) is 1. The third-order valence-electron chi connectivity index (χ3n) is 4.65. The lowest BCUT2D eigenvalue weighted by molar-refractivity contribution is 0.505. The Morgan fingerprint density at radius 2 is 2.08 bits per heavy atom. The van der Waals surface area contributed by atoms with E-state index >= 15 is 0 Å². The largest absolute Gasteiger partial charge is 0.466 e. The van der Waals surface area contributed by atoms with Crippen molar-refractivity contribution in [1.82, 2.24) is 20.1 Å². The molecule has 0 saturated carbocycles. The molecule has 26 heavy (non-hydrogen) atoms. The molecule has 0 unspecified atom stereocenters. The number of nitrogen functional groups attached to an aromatic ring is 1. The predicted octanol–water partition coefficient (Wildman–Crippen LogP) is 2.77. The maximum absolute atomic E-state index is 9.59. The number of aryl methyl sites for hydroxylation is 3. The average molecular weight is 348 g/mol. The quantitative estimate of drug-likeness (QED) is 0.737. The normalized spacial score (nSPS) is 13.9. The minimum absolute atomic E-state index is 0.208. The number of hydrogen-bond donors (Lipinski definition) is 2. The highest BCUT2D eigenvalue weighted by Crippen LogP contribution is 2.33. The highest BCUT2D eigenvalue weighted by atomic mass is 16.3. The summed E-state index contributed by atoms with van der Waals surface area (Å²) >= 11 is 0. The highest BCUT2D eigenvalue weighted by molar-refractivity contribution is 5.79. The zero-order chi connectivity index (χ0) is 18.3. The van der Waals surface area contributed by atoms with Gasteiger partial charge in [0.05, 0.1) is 17.1 Å². The first-order valence-corrected chi connectivity index (χ1v) is 8.62. The van der Waals surface area contributed by atoms with Crippen molar-refractivity contribution in [1.29, 1.82) is 5.26 Å². The molecule has 0 aliphatic carbocycles. The molecule has 0 atom stereocenters. The number of nitrogens with zero attached hydrogens (tertiary/aromatic N) is 4. The predicted molar refractivity (Wildman–Crippen MR) is 98.1 cm³/mol. The maximum atomic E-state index is 9.59. The van der Waals surface area contributed by atoms with Gasteiger partial charge in [0.2, 0.25) is 0 Å². The second-order valence-corrected chi connectivity index (χ2v) is 6.53. The Morgan fingerprint density at radius 1 is 1.23 bits per heavy atom. The fourth-order valence-electron chi connectivity index (χ4n) is 3.40. The molecule has 4 rings (SSSR count). The Kier molecular flexibility index (Phi) is 3.98. The number of aromatic nitrogens is 3. The van der Waals surface area contributed by atoms with Gasteiger partial charge in [-0.15, -0.1) is 0 Å². The molecule has 0 bridgehead atoms. The summed E-state index contributed by atoms with van der Waals surface area (Å²) in [6.45, 7) is 6.39. The van der Waals surface area contributed by atoms with Gasteiger partial charge in [0.1, 0.15) is 29.0 Å². The summed E-state index contributed by atoms with van der Waals surface area (Å²) in [5.41, 5.74) is 10.6. The van der Waals surface area contributed by atoms with E-state index in [2.05, 4.69) is 16.4 Å². The molecule has 4 heterocycles. The van der Waals surface area contributed by atoms with Crippen molar-refractivity contribution in [2.45, 2.75) is 33.4 Å². The van der Waals surface area contributed by atoms with Crippen LogP contribution in [0.15, 0.2) is 22.6 Å². The van der Waals surface area contributed by atoms with E-state index in [-0.39, 0.29) is 5.82 Å². The first-order chi connectivity index (χ1) is 12.6. The second kappa shape index (κ2) is 6.32. The van der Waals surface area contributed by atoms with Gasteiger partial charge >= 0.3 is 0 Å². The van der Waals surface area contributed by atoms with Gasteiger partial charge in [0, 0.05) is 24.2 Å². The molecular formula is C19H20N6O. The summed E-state index contributed by atoms with van der Waals surface area (Å²) < 4.78 is 7.62. The lowest BCUT2D eigenvalue weighted by Gasteiger charge is -2.08. The van der Waals surface area contributed by atoms with Crippen LogP contribution < -0.4 is 11.1 Å². The summed E-state index contributed by atoms with van der Waals surface area (Å²) in [5.74, 6) is 1.79. The molecule has 3 aromatic rings. The Morgan fingerprint density at radius 3 is 2.81 bits per heavy atom. The van der Waals surface area contributed by atoms with Crippen LogP contribution in [0.3, 0.4) is 0 Å². The number of anilines is 1. The van der Waals surface area contributed by atoms with Crippen molar-refractivity contribution in [3.8, 4) is 28.6 Å². The molecule has 0 radical (unpaired) electrons. The van der Waals surface area contributed by atoms with Crippen LogP contribution >= 0.6 is 0 Å². The Hall–Kier alpha value is -3.11. The van der Waals surface area contributed by atoms with Crippen molar-refractivity contribution >= 4 is 5.82 Å². The number of furan rings is 1. The van der Waals surface area contributed by atoms with E-state index in [1.807, 2.05) is 36.7 Å². The molecule has 0 saturated heterocycles. The number of rotatable bonds is 2. The van der Waals surface area contributed by atoms with E-state index in [4.69, 9.17) is 15.2 Å². The minimum Gasteiger partial charge on any atom is -0.466 e. The Labute approximate surface area is 151 Å². The molecule has 132 valence electrons. The van der Waals surface area contributed by atoms with Gasteiger partial charge in [-0.2, -0.15) is 10.4 Å². The standard InChI is InChI=1S/C19H20N6O/c1-11-6-14(12(2)26-11)17-8-15(16(9-20)19(21)23-17)18-7-13-10-22-4-3-5-25(13)24-18/h6-8,22H,3-5,10H2,1-2H3,(H2,21,23). The Balaban J connectivity index is 1.88. The van der Waals surface area contributed by atoms with Crippen LogP contribution in [0.1, 0.15) is 29.2 Å². The fourth-order valence-corrected chi connectivity index (χ4v) is 3.40. The molecule has 1 aliphatic rings. The van der Waals surface area contributed by atoms with Crippen LogP contribution in [0.4, 0.5) is 5.82 Å². The molecule has 0 fully saturated rings. The molecule has 7 heteroatoms.